The molecule has 1 aliphatic carbocycles. The largest absolute Gasteiger partial charge is 0.493 e. The summed E-state index contributed by atoms with van der Waals surface area (Å²) in [6, 6.07) is 10.7. The number of benzene rings is 2. The van der Waals surface area contributed by atoms with E-state index in [1.54, 1.807) is 30.4 Å². The normalized spacial score (nSPS) is 16.6. The van der Waals surface area contributed by atoms with Crippen molar-refractivity contribution in [2.75, 3.05) is 31.5 Å². The van der Waals surface area contributed by atoms with Gasteiger partial charge in [0.25, 0.3) is 5.91 Å². The Morgan fingerprint density at radius 3 is 2.11 bits per heavy atom. The van der Waals surface area contributed by atoms with Gasteiger partial charge in [-0.15, -0.1) is 0 Å². The minimum absolute atomic E-state index is 0.186. The van der Waals surface area contributed by atoms with Gasteiger partial charge in [-0.05, 0) is 49.2 Å². The van der Waals surface area contributed by atoms with E-state index in [4.69, 9.17) is 14.2 Å². The van der Waals surface area contributed by atoms with Gasteiger partial charge < -0.3 is 30.0 Å². The summed E-state index contributed by atoms with van der Waals surface area (Å²) >= 11 is 0. The molecule has 0 heterocycles. The maximum absolute atomic E-state index is 12.5. The Bertz CT molecular complexity index is 1130. The number of nitrogens with one attached hydrogen (secondary N) is 2. The number of carboxylic acid groups (broad SMARTS) is 1. The second-order valence-corrected chi connectivity index (χ2v) is 7.75. The average molecular weight is 482 g/mol. The van der Waals surface area contributed by atoms with Gasteiger partial charge in [0, 0.05) is 17.4 Å². The number of carbonyl (C=O) groups excluding carboxylic acids is 3. The predicted molar refractivity (Wildman–Crippen MR) is 127 cm³/mol. The number of aliphatic carboxylic acids is 1. The summed E-state index contributed by atoms with van der Waals surface area (Å²) in [5.41, 5.74) is 1.05. The number of esters is 1. The third-order valence-corrected chi connectivity index (χ3v) is 5.48. The molecule has 0 unspecified atom stereocenters. The fraction of sp³-hybridized carbons (Fsp3) is 0.280. The van der Waals surface area contributed by atoms with E-state index in [-0.39, 0.29) is 5.56 Å². The number of rotatable bonds is 9. The van der Waals surface area contributed by atoms with E-state index < -0.39 is 42.2 Å². The Kier molecular flexibility index (Phi) is 8.44. The van der Waals surface area contributed by atoms with Crippen LogP contribution < -0.4 is 20.1 Å². The van der Waals surface area contributed by atoms with Gasteiger partial charge in [-0.1, -0.05) is 12.2 Å². The molecule has 10 nitrogen and oxygen atoms in total. The van der Waals surface area contributed by atoms with Gasteiger partial charge in [-0.25, -0.2) is 4.79 Å². The highest BCUT2D eigenvalue weighted by atomic mass is 16.5. The lowest BCUT2D eigenvalue weighted by Gasteiger charge is -2.24. The summed E-state index contributed by atoms with van der Waals surface area (Å²) in [5.74, 6) is -3.17. The lowest BCUT2D eigenvalue weighted by Crippen LogP contribution is -2.34. The minimum Gasteiger partial charge on any atom is -0.493 e. The summed E-state index contributed by atoms with van der Waals surface area (Å²) in [6.45, 7) is -0.503. The van der Waals surface area contributed by atoms with E-state index in [0.717, 1.165) is 0 Å². The molecule has 10 heteroatoms. The number of hydrogen-bond acceptors (Lipinski definition) is 7. The third kappa shape index (κ3) is 6.59. The zero-order valence-corrected chi connectivity index (χ0v) is 19.3. The number of carboxylic acids is 1. The maximum Gasteiger partial charge on any atom is 0.338 e. The van der Waals surface area contributed by atoms with Crippen molar-refractivity contribution in [1.82, 2.24) is 0 Å². The molecule has 0 saturated carbocycles. The van der Waals surface area contributed by atoms with Crippen LogP contribution in [0.4, 0.5) is 11.4 Å². The first-order valence-corrected chi connectivity index (χ1v) is 10.8. The molecule has 0 aromatic heterocycles. The molecule has 2 atom stereocenters. The molecule has 35 heavy (non-hydrogen) atoms. The first kappa shape index (κ1) is 25.3. The minimum atomic E-state index is -1.01. The summed E-state index contributed by atoms with van der Waals surface area (Å²) in [5, 5.41) is 14.6. The molecule has 2 aromatic rings. The van der Waals surface area contributed by atoms with Gasteiger partial charge in [-0.2, -0.15) is 0 Å². The Balaban J connectivity index is 1.51. The fourth-order valence-corrected chi connectivity index (χ4v) is 3.63. The van der Waals surface area contributed by atoms with Crippen molar-refractivity contribution >= 4 is 35.1 Å². The number of ether oxygens (including phenoxy) is 3. The van der Waals surface area contributed by atoms with Crippen molar-refractivity contribution in [2.24, 2.45) is 11.8 Å². The van der Waals surface area contributed by atoms with Crippen LogP contribution in [0.5, 0.6) is 11.5 Å². The topological polar surface area (TPSA) is 140 Å². The van der Waals surface area contributed by atoms with E-state index in [0.29, 0.717) is 35.7 Å². The van der Waals surface area contributed by atoms with Gasteiger partial charge in [-0.3, -0.25) is 14.4 Å². The highest BCUT2D eigenvalue weighted by molar-refractivity contribution is 5.97. The average Bonchev–Trinajstić information content (AvgIpc) is 2.87. The number of amides is 2. The number of carbonyl (C=O) groups is 4. The molecule has 0 saturated heterocycles. The Morgan fingerprint density at radius 1 is 0.857 bits per heavy atom. The smallest absolute Gasteiger partial charge is 0.338 e. The highest BCUT2D eigenvalue weighted by Gasteiger charge is 2.33. The van der Waals surface area contributed by atoms with Crippen LogP contribution in [0.2, 0.25) is 0 Å². The van der Waals surface area contributed by atoms with E-state index in [9.17, 15) is 24.3 Å². The summed E-state index contributed by atoms with van der Waals surface area (Å²) in [7, 11) is 2.97. The molecule has 0 bridgehead atoms. The van der Waals surface area contributed by atoms with Crippen molar-refractivity contribution in [2.45, 2.75) is 12.8 Å². The van der Waals surface area contributed by atoms with Crippen LogP contribution in [0.15, 0.2) is 54.6 Å². The van der Waals surface area contributed by atoms with Gasteiger partial charge >= 0.3 is 11.9 Å². The number of allylic oxidation sites excluding steroid dienone is 2. The first-order chi connectivity index (χ1) is 16.8. The van der Waals surface area contributed by atoms with Crippen molar-refractivity contribution in [1.29, 1.82) is 0 Å². The van der Waals surface area contributed by atoms with Gasteiger partial charge in [0.1, 0.15) is 0 Å². The first-order valence-electron chi connectivity index (χ1n) is 10.8. The molecule has 2 amide bonds. The molecule has 3 rings (SSSR count). The molecule has 0 fully saturated rings. The molecule has 0 spiro atoms. The Hall–Kier alpha value is -4.34. The van der Waals surface area contributed by atoms with E-state index >= 15 is 0 Å². The van der Waals surface area contributed by atoms with Crippen molar-refractivity contribution in [3.05, 3.63) is 60.2 Å². The lowest BCUT2D eigenvalue weighted by atomic mass is 9.82. The summed E-state index contributed by atoms with van der Waals surface area (Å²) in [4.78, 5) is 48.4. The zero-order chi connectivity index (χ0) is 25.4. The van der Waals surface area contributed by atoms with Crippen LogP contribution in [0.3, 0.4) is 0 Å². The molecule has 184 valence electrons. The molecular formula is C25H26N2O8. The van der Waals surface area contributed by atoms with Crippen LogP contribution in [0.25, 0.3) is 0 Å². The molecule has 0 aliphatic heterocycles. The van der Waals surface area contributed by atoms with Crippen LogP contribution in [-0.2, 0) is 19.1 Å². The van der Waals surface area contributed by atoms with Crippen LogP contribution >= 0.6 is 0 Å². The summed E-state index contributed by atoms with van der Waals surface area (Å²) < 4.78 is 15.4. The number of methoxy groups -OCH3 is 2. The third-order valence-electron chi connectivity index (χ3n) is 5.48. The van der Waals surface area contributed by atoms with Gasteiger partial charge in [0.05, 0.1) is 31.6 Å². The molecule has 2 aromatic carbocycles. The Morgan fingerprint density at radius 2 is 1.49 bits per heavy atom. The van der Waals surface area contributed by atoms with Crippen molar-refractivity contribution in [3.63, 3.8) is 0 Å². The monoisotopic (exact) mass is 482 g/mol. The standard InChI is InChI=1S/C25H26N2O8/c1-33-20-12-11-17(13-21(20)34-2)26-22(28)14-35-25(32)15-7-9-16(10-8-15)27-23(29)18-5-3-4-6-19(18)24(30)31/h3-4,7-13,18-19H,5-6,14H2,1-2H3,(H,26,28)(H,27,29)(H,30,31)/t18-,19+/m1/s1. The van der Waals surface area contributed by atoms with Crippen LogP contribution in [0, 0.1) is 11.8 Å². The highest BCUT2D eigenvalue weighted by Crippen LogP contribution is 2.30. The second-order valence-electron chi connectivity index (χ2n) is 7.75. The van der Waals surface area contributed by atoms with Gasteiger partial charge in [0.15, 0.2) is 18.1 Å². The number of hydrogen-bond donors (Lipinski definition) is 3. The van der Waals surface area contributed by atoms with E-state index in [2.05, 4.69) is 10.6 Å². The molecule has 1 aliphatic rings. The number of anilines is 2. The predicted octanol–water partition coefficient (Wildman–Crippen LogP) is 3.10. The molecule has 0 radical (unpaired) electrons. The summed E-state index contributed by atoms with van der Waals surface area (Å²) in [6.07, 6.45) is 4.21. The van der Waals surface area contributed by atoms with Crippen molar-refractivity contribution in [3.8, 4) is 11.5 Å². The quantitative estimate of drug-likeness (QED) is 0.366. The van der Waals surface area contributed by atoms with Crippen LogP contribution in [-0.4, -0.2) is 49.7 Å². The zero-order valence-electron chi connectivity index (χ0n) is 19.3. The lowest BCUT2D eigenvalue weighted by molar-refractivity contribution is -0.146. The SMILES string of the molecule is COc1ccc(NC(=O)COC(=O)c2ccc(NC(=O)[C@@H]3CC=CC[C@@H]3C(=O)O)cc2)cc1OC. The Labute approximate surface area is 201 Å². The maximum atomic E-state index is 12.5. The second kappa shape index (κ2) is 11.7. The van der Waals surface area contributed by atoms with E-state index in [1.165, 1.54) is 38.5 Å². The molecular weight excluding hydrogens is 456 g/mol. The fourth-order valence-electron chi connectivity index (χ4n) is 3.63. The molecule has 3 N–H and O–H groups in total. The van der Waals surface area contributed by atoms with Crippen LogP contribution in [0.1, 0.15) is 23.2 Å². The van der Waals surface area contributed by atoms with E-state index in [1.807, 2.05) is 0 Å². The van der Waals surface area contributed by atoms with Crippen molar-refractivity contribution < 1.29 is 38.5 Å². The van der Waals surface area contributed by atoms with Gasteiger partial charge in [0.2, 0.25) is 5.91 Å².